The smallest absolute Gasteiger partial charge is 0.303 e. The minimum Gasteiger partial charge on any atom is -0.481 e. The van der Waals surface area contributed by atoms with Crippen LogP contribution in [0.25, 0.3) is 0 Å². The molecule has 0 spiro atoms. The molecule has 0 radical (unpaired) electrons. The number of methoxy groups -OCH3 is 2. The molecule has 0 aliphatic carbocycles. The van der Waals surface area contributed by atoms with Crippen molar-refractivity contribution in [1.29, 1.82) is 0 Å². The van der Waals surface area contributed by atoms with Gasteiger partial charge in [0.25, 0.3) is 0 Å². The van der Waals surface area contributed by atoms with Crippen molar-refractivity contribution in [3.8, 4) is 0 Å². The number of carbonyl (C=O) groups is 6. The lowest BCUT2D eigenvalue weighted by Crippen LogP contribution is -2.58. The van der Waals surface area contributed by atoms with E-state index in [9.17, 15) is 59.4 Å². The zero-order valence-electron chi connectivity index (χ0n) is 58.2. The maximum absolute atomic E-state index is 10.1. The van der Waals surface area contributed by atoms with E-state index in [0.717, 1.165) is 77.0 Å². The first kappa shape index (κ1) is 99.4. The first-order chi connectivity index (χ1) is 43.8. The Morgan fingerprint density at radius 3 is 0.543 bits per heavy atom. The number of hydrogen-bond donors (Lipinski definition) is 14. The van der Waals surface area contributed by atoms with E-state index in [2.05, 4.69) is 41.5 Å². The van der Waals surface area contributed by atoms with E-state index in [1.54, 1.807) is 0 Å². The Kier molecular flexibility index (Phi) is 82.5. The van der Waals surface area contributed by atoms with Gasteiger partial charge in [0.2, 0.25) is 0 Å². The van der Waals surface area contributed by atoms with Crippen LogP contribution >= 0.6 is 0 Å². The van der Waals surface area contributed by atoms with E-state index in [4.69, 9.17) is 59.8 Å². The van der Waals surface area contributed by atoms with E-state index in [0.29, 0.717) is 38.5 Å². The highest BCUT2D eigenvalue weighted by Gasteiger charge is 2.44. The van der Waals surface area contributed by atoms with Gasteiger partial charge in [-0.25, -0.2) is 0 Å². The lowest BCUT2D eigenvalue weighted by atomic mass is 9.99. The van der Waals surface area contributed by atoms with Crippen molar-refractivity contribution in [2.45, 2.75) is 373 Å². The topological polar surface area (TPSA) is 423 Å². The summed E-state index contributed by atoms with van der Waals surface area (Å²) in [7, 11) is 2.60. The molecule has 14 N–H and O–H groups in total. The van der Waals surface area contributed by atoms with Gasteiger partial charge in [0, 0.05) is 52.7 Å². The van der Waals surface area contributed by atoms with Crippen LogP contribution < -0.4 is 0 Å². The Balaban J connectivity index is -0.000000230. The second-order valence-electron chi connectivity index (χ2n) is 23.3. The molecule has 0 amide bonds. The van der Waals surface area contributed by atoms with E-state index in [-0.39, 0.29) is 0 Å². The third-order valence-corrected chi connectivity index (χ3v) is 14.6. The van der Waals surface area contributed by atoms with Gasteiger partial charge in [0.1, 0.15) is 48.8 Å². The fourth-order valence-electron chi connectivity index (χ4n) is 8.86. The summed E-state index contributed by atoms with van der Waals surface area (Å²) in [5, 5.41) is 123. The highest BCUT2D eigenvalue weighted by atomic mass is 16.7. The minimum absolute atomic E-state index is 0.337. The first-order valence-electron chi connectivity index (χ1n) is 34.8. The largest absolute Gasteiger partial charge is 0.481 e. The summed E-state index contributed by atoms with van der Waals surface area (Å²) in [5.74, 6) is -4.00. The summed E-state index contributed by atoms with van der Waals surface area (Å²) in [6.07, 6.45) is 31.8. The number of unbranched alkanes of at least 4 members (excludes halogenated alkanes) is 30. The summed E-state index contributed by atoms with van der Waals surface area (Å²) >= 11 is 0. The fourth-order valence-corrected chi connectivity index (χ4v) is 8.86. The van der Waals surface area contributed by atoms with Crippen molar-refractivity contribution < 1.29 is 119 Å². The van der Waals surface area contributed by atoms with E-state index < -0.39 is 110 Å². The molecule has 552 valence electrons. The number of rotatable bonds is 46. The van der Waals surface area contributed by atoms with Gasteiger partial charge in [-0.2, -0.15) is 0 Å². The molecule has 2 fully saturated rings. The van der Waals surface area contributed by atoms with Crippen molar-refractivity contribution >= 4 is 35.8 Å². The Morgan fingerprint density at radius 1 is 0.261 bits per heavy atom. The molecule has 2 unspecified atom stereocenters. The summed E-state index contributed by atoms with van der Waals surface area (Å²) in [4.78, 5) is 60.5. The van der Waals surface area contributed by atoms with E-state index in [1.807, 2.05) is 0 Å². The molecule has 0 saturated carbocycles. The van der Waals surface area contributed by atoms with Crippen LogP contribution in [0.1, 0.15) is 311 Å². The lowest BCUT2D eigenvalue weighted by Gasteiger charge is -2.38. The number of aliphatic hydroxyl groups is 8. The maximum Gasteiger partial charge on any atom is 0.303 e. The molecule has 0 aromatic heterocycles. The van der Waals surface area contributed by atoms with Gasteiger partial charge in [-0.3, -0.25) is 28.8 Å². The van der Waals surface area contributed by atoms with Crippen LogP contribution in [0.5, 0.6) is 0 Å². The van der Waals surface area contributed by atoms with Gasteiger partial charge < -0.3 is 90.4 Å². The van der Waals surface area contributed by atoms with Crippen LogP contribution in [-0.2, 0) is 47.7 Å². The molecule has 0 aromatic rings. The summed E-state index contributed by atoms with van der Waals surface area (Å²) in [5.41, 5.74) is 0. The van der Waals surface area contributed by atoms with Crippen LogP contribution in [0.3, 0.4) is 0 Å². The zero-order chi connectivity index (χ0) is 71.2. The van der Waals surface area contributed by atoms with Crippen LogP contribution in [0.4, 0.5) is 0 Å². The zero-order valence-corrected chi connectivity index (χ0v) is 58.2. The first-order valence-corrected chi connectivity index (χ1v) is 34.8. The molecule has 2 rings (SSSR count). The number of hydrogen-bond acceptors (Lipinski definition) is 18. The molecule has 2 saturated heterocycles. The van der Waals surface area contributed by atoms with Crippen molar-refractivity contribution in [1.82, 2.24) is 0 Å². The van der Waals surface area contributed by atoms with Gasteiger partial charge >= 0.3 is 35.8 Å². The average Bonchev–Trinajstić information content (AvgIpc) is 0.963. The molecular weight excluding hydrogens is 1200 g/mol. The molecule has 0 aromatic carbocycles. The Bertz CT molecular complexity index is 1410. The van der Waals surface area contributed by atoms with E-state index in [1.165, 1.54) is 168 Å². The van der Waals surface area contributed by atoms with Crippen LogP contribution in [-0.4, -0.2) is 196 Å². The number of carboxylic acid groups (broad SMARTS) is 6. The Labute approximate surface area is 553 Å². The van der Waals surface area contributed by atoms with Crippen LogP contribution in [0.2, 0.25) is 0 Å². The lowest BCUT2D eigenvalue weighted by molar-refractivity contribution is -0.294. The SMILES string of the molecule is CCCCCCCC(=O)O.CCCCCCCC(=O)O.CCCCCCCC(=O)O.CCCCCCCCCC(=O)O.CCCCCCCCCC(=O)O.CCCCCCCCCC(=O)O.COC1O[C@H](CO)[C@@H](O)[C@H](O)[C@H]1O.COC1O[C@H](CO)[C@@H](O)[C@H](O)[C@H]1O. The molecule has 10 atom stereocenters. The number of ether oxygens (including phenoxy) is 4. The fraction of sp³-hybridized carbons (Fsp3) is 0.912. The predicted molar refractivity (Wildman–Crippen MR) is 355 cm³/mol. The molecular formula is C68H136O24. The van der Waals surface area contributed by atoms with Crippen LogP contribution in [0, 0.1) is 0 Å². The quantitative estimate of drug-likeness (QED) is 0.0252. The number of aliphatic hydroxyl groups excluding tert-OH is 8. The second kappa shape index (κ2) is 76.4. The molecule has 24 heteroatoms. The standard InChI is InChI=1S/3C10H20O2.3C8H16O2.2C7H14O6/c3*1-2-3-4-5-6-7-8-9-10(11)12;3*1-2-3-4-5-6-7-8(9)10;2*1-12-7-6(11)5(10)4(9)3(2-8)13-7/h3*2-9H2,1H3,(H,11,12);3*2-7H2,1H3,(H,9,10);2*3-11H,2H2,1H3/t;;;;;;2*3-,4-,5+,6-,7?/m......11/s1. The Morgan fingerprint density at radius 2 is 0.413 bits per heavy atom. The summed E-state index contributed by atoms with van der Waals surface area (Å²) in [6, 6.07) is 0. The van der Waals surface area contributed by atoms with Gasteiger partial charge in [0.15, 0.2) is 12.6 Å². The highest BCUT2D eigenvalue weighted by molar-refractivity contribution is 5.68. The van der Waals surface area contributed by atoms with Crippen molar-refractivity contribution in [3.63, 3.8) is 0 Å². The maximum atomic E-state index is 10.1. The van der Waals surface area contributed by atoms with Crippen molar-refractivity contribution in [3.05, 3.63) is 0 Å². The summed E-state index contributed by atoms with van der Waals surface area (Å²) < 4.78 is 19.3. The van der Waals surface area contributed by atoms with Gasteiger partial charge in [-0.15, -0.1) is 0 Å². The third-order valence-electron chi connectivity index (χ3n) is 14.6. The number of aliphatic carboxylic acids is 6. The molecule has 2 aliphatic rings. The normalized spacial score (nSPS) is 20.2. The van der Waals surface area contributed by atoms with E-state index >= 15 is 0 Å². The summed E-state index contributed by atoms with van der Waals surface area (Å²) in [6.45, 7) is 12.2. The molecule has 24 nitrogen and oxygen atoms in total. The van der Waals surface area contributed by atoms with Gasteiger partial charge in [-0.1, -0.05) is 234 Å². The molecule has 2 aliphatic heterocycles. The third kappa shape index (κ3) is 73.7. The molecule has 92 heavy (non-hydrogen) atoms. The van der Waals surface area contributed by atoms with Gasteiger partial charge in [-0.05, 0) is 38.5 Å². The Hall–Kier alpha value is -3.66. The predicted octanol–water partition coefficient (Wildman–Crippen LogP) is 11.8. The highest BCUT2D eigenvalue weighted by Crippen LogP contribution is 2.23. The van der Waals surface area contributed by atoms with Crippen LogP contribution in [0.15, 0.2) is 0 Å². The monoisotopic (exact) mass is 1340 g/mol. The van der Waals surface area contributed by atoms with Gasteiger partial charge in [0.05, 0.1) is 13.2 Å². The number of carboxylic acids is 6. The second-order valence-corrected chi connectivity index (χ2v) is 23.3. The van der Waals surface area contributed by atoms with Crippen molar-refractivity contribution in [2.75, 3.05) is 27.4 Å². The molecule has 0 bridgehead atoms. The van der Waals surface area contributed by atoms with Crippen molar-refractivity contribution in [2.24, 2.45) is 0 Å². The minimum atomic E-state index is -1.36. The molecule has 2 heterocycles. The average molecular weight is 1340 g/mol.